The predicted molar refractivity (Wildman–Crippen MR) is 61.9 cm³/mol. The van der Waals surface area contributed by atoms with Crippen LogP contribution < -0.4 is 5.32 Å². The van der Waals surface area contributed by atoms with Crippen molar-refractivity contribution < 1.29 is 27.1 Å². The van der Waals surface area contributed by atoms with E-state index in [2.05, 4.69) is 15.0 Å². The maximum Gasteiger partial charge on any atom is 0.324 e. The van der Waals surface area contributed by atoms with Crippen molar-refractivity contribution in [2.24, 2.45) is 0 Å². The number of ether oxygens (including phenoxy) is 1. The summed E-state index contributed by atoms with van der Waals surface area (Å²) in [5.74, 6) is -4.51. The first-order valence-electron chi connectivity index (χ1n) is 5.26. The number of aryl methyl sites for hydroxylation is 1. The fraction of sp³-hybridized carbons (Fsp3) is 0.600. The first-order chi connectivity index (χ1) is 8.85. The number of alkyl halides is 4. The van der Waals surface area contributed by atoms with E-state index >= 15 is 0 Å². The number of anilines is 1. The normalized spacial score (nSPS) is 11.7. The van der Waals surface area contributed by atoms with Crippen LogP contribution in [0, 0.1) is 0 Å². The summed E-state index contributed by atoms with van der Waals surface area (Å²) in [7, 11) is 1.25. The molecule has 0 bridgehead atoms. The second-order valence-corrected chi connectivity index (χ2v) is 4.49. The molecule has 0 fully saturated rings. The number of nitrogens with one attached hydrogen (secondary N) is 1. The fourth-order valence-electron chi connectivity index (χ4n) is 1.11. The number of hydrogen-bond acceptors (Lipinski definition) is 5. The van der Waals surface area contributed by atoms with Crippen molar-refractivity contribution in [1.29, 1.82) is 0 Å². The molecule has 0 aliphatic carbocycles. The number of carbonyl (C=O) groups is 1. The number of halogens is 4. The molecular formula is C10H12F4N2O2S. The summed E-state index contributed by atoms with van der Waals surface area (Å²) in [5, 5.41) is 3.82. The van der Waals surface area contributed by atoms with Gasteiger partial charge in [-0.1, -0.05) is 0 Å². The van der Waals surface area contributed by atoms with Crippen LogP contribution >= 0.6 is 11.3 Å². The van der Waals surface area contributed by atoms with E-state index in [0.717, 1.165) is 11.3 Å². The Hall–Kier alpha value is -1.38. The summed E-state index contributed by atoms with van der Waals surface area (Å²) >= 11 is 1.01. The molecule has 1 N–H and O–H groups in total. The standard InChI is InChI=1S/C10H12F4N2O2S/c1-18-7(17)3-2-6-4-19-9(16-6)15-5-10(13,14)8(11)12/h4,8H,2-3,5H2,1H3,(H,15,16). The van der Waals surface area contributed by atoms with Crippen LogP contribution in [0.3, 0.4) is 0 Å². The summed E-state index contributed by atoms with van der Waals surface area (Å²) in [5.41, 5.74) is 0.512. The highest BCUT2D eigenvalue weighted by atomic mass is 32.1. The Morgan fingerprint density at radius 2 is 2.26 bits per heavy atom. The lowest BCUT2D eigenvalue weighted by molar-refractivity contribution is -0.140. The Morgan fingerprint density at radius 3 is 2.84 bits per heavy atom. The molecule has 1 heterocycles. The van der Waals surface area contributed by atoms with Crippen molar-refractivity contribution in [2.45, 2.75) is 25.2 Å². The lowest BCUT2D eigenvalue weighted by Gasteiger charge is -2.14. The first kappa shape index (κ1) is 15.7. The predicted octanol–water partition coefficient (Wildman–Crippen LogP) is 2.56. The molecule has 0 aliphatic rings. The van der Waals surface area contributed by atoms with Crippen molar-refractivity contribution in [3.8, 4) is 0 Å². The number of hydrogen-bond donors (Lipinski definition) is 1. The summed E-state index contributed by atoms with van der Waals surface area (Å²) in [4.78, 5) is 14.8. The second kappa shape index (κ2) is 6.69. The van der Waals surface area contributed by atoms with Gasteiger partial charge in [0.1, 0.15) is 0 Å². The number of esters is 1. The van der Waals surface area contributed by atoms with Gasteiger partial charge in [-0.25, -0.2) is 13.8 Å². The molecule has 0 spiro atoms. The summed E-state index contributed by atoms with van der Waals surface area (Å²) in [6, 6.07) is 0. The van der Waals surface area contributed by atoms with E-state index in [9.17, 15) is 22.4 Å². The average molecular weight is 300 g/mol. The topological polar surface area (TPSA) is 51.2 Å². The molecule has 0 atom stereocenters. The Morgan fingerprint density at radius 1 is 1.58 bits per heavy atom. The number of rotatable bonds is 7. The Labute approximate surface area is 110 Å². The van der Waals surface area contributed by atoms with Gasteiger partial charge in [-0.2, -0.15) is 8.78 Å². The van der Waals surface area contributed by atoms with Crippen LogP contribution in [0.25, 0.3) is 0 Å². The Kier molecular flexibility index (Phi) is 5.52. The molecule has 19 heavy (non-hydrogen) atoms. The average Bonchev–Trinajstić information content (AvgIpc) is 2.81. The van der Waals surface area contributed by atoms with Gasteiger partial charge in [0.25, 0.3) is 0 Å². The van der Waals surface area contributed by atoms with Gasteiger partial charge >= 0.3 is 18.3 Å². The minimum absolute atomic E-state index is 0.111. The minimum Gasteiger partial charge on any atom is -0.469 e. The van der Waals surface area contributed by atoms with E-state index in [0.29, 0.717) is 12.1 Å². The zero-order valence-electron chi connectivity index (χ0n) is 9.96. The quantitative estimate of drug-likeness (QED) is 0.621. The lowest BCUT2D eigenvalue weighted by atomic mass is 10.2. The molecule has 0 radical (unpaired) electrons. The molecule has 1 aromatic rings. The fourth-order valence-corrected chi connectivity index (χ4v) is 1.85. The van der Waals surface area contributed by atoms with E-state index in [1.165, 1.54) is 7.11 Å². The highest BCUT2D eigenvalue weighted by Gasteiger charge is 2.40. The zero-order valence-corrected chi connectivity index (χ0v) is 10.8. The van der Waals surface area contributed by atoms with Crippen LogP contribution in [0.1, 0.15) is 12.1 Å². The van der Waals surface area contributed by atoms with Gasteiger partial charge in [0, 0.05) is 11.8 Å². The Bertz CT molecular complexity index is 425. The van der Waals surface area contributed by atoms with Gasteiger partial charge in [-0.3, -0.25) is 4.79 Å². The molecule has 0 saturated heterocycles. The highest BCUT2D eigenvalue weighted by molar-refractivity contribution is 7.13. The van der Waals surface area contributed by atoms with Crippen molar-refractivity contribution in [3.05, 3.63) is 11.1 Å². The number of carbonyl (C=O) groups excluding carboxylic acids is 1. The van der Waals surface area contributed by atoms with Gasteiger partial charge in [-0.15, -0.1) is 11.3 Å². The smallest absolute Gasteiger partial charge is 0.324 e. The first-order valence-corrected chi connectivity index (χ1v) is 6.14. The van der Waals surface area contributed by atoms with Gasteiger partial charge < -0.3 is 10.1 Å². The van der Waals surface area contributed by atoms with Gasteiger partial charge in [0.05, 0.1) is 25.8 Å². The van der Waals surface area contributed by atoms with E-state index in [1.807, 2.05) is 0 Å². The van der Waals surface area contributed by atoms with Crippen LogP contribution in [0.5, 0.6) is 0 Å². The number of methoxy groups -OCH3 is 1. The van der Waals surface area contributed by atoms with Crippen LogP contribution in [-0.4, -0.2) is 37.0 Å². The largest absolute Gasteiger partial charge is 0.469 e. The summed E-state index contributed by atoms with van der Waals surface area (Å²) < 4.78 is 53.5. The molecule has 4 nitrogen and oxygen atoms in total. The molecule has 0 unspecified atom stereocenters. The van der Waals surface area contributed by atoms with Gasteiger partial charge in [-0.05, 0) is 0 Å². The SMILES string of the molecule is COC(=O)CCc1csc(NCC(F)(F)C(F)F)n1. The molecule has 0 saturated carbocycles. The van der Waals surface area contributed by atoms with Gasteiger partial charge in [0.2, 0.25) is 0 Å². The van der Waals surface area contributed by atoms with E-state index < -0.39 is 24.9 Å². The van der Waals surface area contributed by atoms with Crippen molar-refractivity contribution >= 4 is 22.4 Å². The minimum atomic E-state index is -4.10. The third kappa shape index (κ3) is 5.01. The maximum atomic E-state index is 12.6. The van der Waals surface area contributed by atoms with Crippen LogP contribution in [0.15, 0.2) is 5.38 Å². The lowest BCUT2D eigenvalue weighted by Crippen LogP contribution is -2.34. The monoisotopic (exact) mass is 300 g/mol. The van der Waals surface area contributed by atoms with E-state index in [-0.39, 0.29) is 11.6 Å². The van der Waals surface area contributed by atoms with Crippen LogP contribution in [0.2, 0.25) is 0 Å². The second-order valence-electron chi connectivity index (χ2n) is 3.64. The third-order valence-corrected chi connectivity index (χ3v) is 3.01. The Balaban J connectivity index is 2.45. The molecule has 1 rings (SSSR count). The maximum absolute atomic E-state index is 12.6. The summed E-state index contributed by atoms with van der Waals surface area (Å²) in [6.07, 6.45) is -3.30. The third-order valence-electron chi connectivity index (χ3n) is 2.16. The highest BCUT2D eigenvalue weighted by Crippen LogP contribution is 2.24. The van der Waals surface area contributed by atoms with E-state index in [1.54, 1.807) is 5.38 Å². The van der Waals surface area contributed by atoms with Crippen molar-refractivity contribution in [1.82, 2.24) is 4.98 Å². The number of aromatic nitrogens is 1. The number of thiazole rings is 1. The van der Waals surface area contributed by atoms with Crippen LogP contribution in [0.4, 0.5) is 22.7 Å². The van der Waals surface area contributed by atoms with E-state index in [4.69, 9.17) is 0 Å². The zero-order chi connectivity index (χ0) is 14.5. The molecule has 0 aliphatic heterocycles. The summed E-state index contributed by atoms with van der Waals surface area (Å²) in [6.45, 7) is -1.19. The molecule has 0 aromatic carbocycles. The molecule has 9 heteroatoms. The molecule has 0 amide bonds. The van der Waals surface area contributed by atoms with Crippen molar-refractivity contribution in [3.63, 3.8) is 0 Å². The molecule has 1 aromatic heterocycles. The number of nitrogens with zero attached hydrogens (tertiary/aromatic N) is 1. The molecular weight excluding hydrogens is 288 g/mol. The van der Waals surface area contributed by atoms with Crippen molar-refractivity contribution in [2.75, 3.05) is 19.0 Å². The van der Waals surface area contributed by atoms with Crippen LogP contribution in [-0.2, 0) is 16.0 Å². The van der Waals surface area contributed by atoms with Gasteiger partial charge in [0.15, 0.2) is 5.13 Å². The molecule has 108 valence electrons.